The second-order valence-corrected chi connectivity index (χ2v) is 8.02. The molecule has 0 bridgehead atoms. The highest BCUT2D eigenvalue weighted by atomic mass is 32.2. The molecule has 0 aliphatic rings. The van der Waals surface area contributed by atoms with Gasteiger partial charge in [0, 0.05) is 13.0 Å². The Labute approximate surface area is 153 Å². The Kier molecular flexibility index (Phi) is 6.74. The predicted molar refractivity (Wildman–Crippen MR) is 101 cm³/mol. The quantitative estimate of drug-likeness (QED) is 0.767. The molecule has 1 N–H and O–H groups in total. The Morgan fingerprint density at radius 3 is 2.31 bits per heavy atom. The summed E-state index contributed by atoms with van der Waals surface area (Å²) in [5.41, 5.74) is 1.39. The molecule has 0 aliphatic heterocycles. The molecule has 0 spiro atoms. The largest absolute Gasteiger partial charge is 0.350 e. The first kappa shape index (κ1) is 19.9. The van der Waals surface area contributed by atoms with E-state index in [1.807, 2.05) is 13.0 Å². The van der Waals surface area contributed by atoms with E-state index in [9.17, 15) is 17.6 Å². The van der Waals surface area contributed by atoms with Crippen LogP contribution in [0.4, 0.5) is 10.1 Å². The van der Waals surface area contributed by atoms with Gasteiger partial charge in [-0.1, -0.05) is 30.3 Å². The van der Waals surface area contributed by atoms with E-state index < -0.39 is 10.0 Å². The number of amides is 1. The van der Waals surface area contributed by atoms with E-state index in [4.69, 9.17) is 0 Å². The summed E-state index contributed by atoms with van der Waals surface area (Å²) in [5, 5.41) is 2.84. The summed E-state index contributed by atoms with van der Waals surface area (Å²) in [7, 11) is -3.42. The average Bonchev–Trinajstić information content (AvgIpc) is 2.59. The standard InChI is InChI=1S/C19H23FN2O3S/c1-15(16-10-12-17(20)13-11-16)21-19(23)9-6-14-22(26(2,24)25)18-7-4-3-5-8-18/h3-5,7-8,10-13,15H,6,9,14H2,1-2H3,(H,21,23)/t15-/m0/s1. The third kappa shape index (κ3) is 5.84. The maximum atomic E-state index is 13.0. The normalized spacial score (nSPS) is 12.4. The highest BCUT2D eigenvalue weighted by Gasteiger charge is 2.17. The minimum Gasteiger partial charge on any atom is -0.350 e. The second-order valence-electron chi connectivity index (χ2n) is 6.11. The van der Waals surface area contributed by atoms with Crippen LogP contribution in [0, 0.1) is 5.82 Å². The number of para-hydroxylation sites is 1. The summed E-state index contributed by atoms with van der Waals surface area (Å²) < 4.78 is 38.2. The van der Waals surface area contributed by atoms with Gasteiger partial charge < -0.3 is 5.32 Å². The highest BCUT2D eigenvalue weighted by Crippen LogP contribution is 2.18. The molecule has 0 saturated heterocycles. The van der Waals surface area contributed by atoms with E-state index in [2.05, 4.69) is 5.32 Å². The van der Waals surface area contributed by atoms with Crippen LogP contribution in [0.3, 0.4) is 0 Å². The maximum Gasteiger partial charge on any atom is 0.232 e. The number of anilines is 1. The average molecular weight is 378 g/mol. The zero-order valence-electron chi connectivity index (χ0n) is 14.9. The number of carbonyl (C=O) groups is 1. The number of hydrogen-bond acceptors (Lipinski definition) is 3. The number of nitrogens with one attached hydrogen (secondary N) is 1. The van der Waals surface area contributed by atoms with Crippen molar-refractivity contribution in [1.82, 2.24) is 5.32 Å². The number of hydrogen-bond donors (Lipinski definition) is 1. The van der Waals surface area contributed by atoms with Crippen molar-refractivity contribution in [3.8, 4) is 0 Å². The Morgan fingerprint density at radius 1 is 1.12 bits per heavy atom. The number of halogens is 1. The Bertz CT molecular complexity index is 824. The SMILES string of the molecule is C[C@H](NC(=O)CCCN(c1ccccc1)S(C)(=O)=O)c1ccc(F)cc1. The molecule has 5 nitrogen and oxygen atoms in total. The summed E-state index contributed by atoms with van der Waals surface area (Å²) in [6, 6.07) is 14.5. The van der Waals surface area contributed by atoms with Gasteiger partial charge in [0.15, 0.2) is 0 Å². The fourth-order valence-electron chi connectivity index (χ4n) is 2.61. The summed E-state index contributed by atoms with van der Waals surface area (Å²) in [6.45, 7) is 2.04. The third-order valence-electron chi connectivity index (χ3n) is 3.96. The summed E-state index contributed by atoms with van der Waals surface area (Å²) in [4.78, 5) is 12.1. The van der Waals surface area contributed by atoms with E-state index in [1.54, 1.807) is 36.4 Å². The first-order valence-electron chi connectivity index (χ1n) is 8.35. The van der Waals surface area contributed by atoms with E-state index >= 15 is 0 Å². The van der Waals surface area contributed by atoms with Crippen LogP contribution in [0.1, 0.15) is 31.4 Å². The number of sulfonamides is 1. The van der Waals surface area contributed by atoms with Crippen molar-refractivity contribution in [3.63, 3.8) is 0 Å². The zero-order valence-corrected chi connectivity index (χ0v) is 15.7. The molecule has 1 amide bonds. The summed E-state index contributed by atoms with van der Waals surface area (Å²) in [5.74, 6) is -0.502. The van der Waals surface area contributed by atoms with Crippen LogP contribution >= 0.6 is 0 Å². The number of rotatable bonds is 8. The lowest BCUT2D eigenvalue weighted by atomic mass is 10.1. The maximum absolute atomic E-state index is 13.0. The van der Waals surface area contributed by atoms with Gasteiger partial charge in [-0.3, -0.25) is 9.10 Å². The van der Waals surface area contributed by atoms with Crippen molar-refractivity contribution in [1.29, 1.82) is 0 Å². The van der Waals surface area contributed by atoms with Gasteiger partial charge in [-0.15, -0.1) is 0 Å². The van der Waals surface area contributed by atoms with Gasteiger partial charge in [0.1, 0.15) is 5.82 Å². The molecule has 0 heterocycles. The monoisotopic (exact) mass is 378 g/mol. The first-order chi connectivity index (χ1) is 12.3. The van der Waals surface area contributed by atoms with Crippen LogP contribution in [0.5, 0.6) is 0 Å². The first-order valence-corrected chi connectivity index (χ1v) is 10.2. The molecule has 2 rings (SSSR count). The molecule has 0 aliphatic carbocycles. The zero-order chi connectivity index (χ0) is 19.2. The fourth-order valence-corrected chi connectivity index (χ4v) is 3.58. The molecule has 0 radical (unpaired) electrons. The summed E-state index contributed by atoms with van der Waals surface area (Å²) in [6.07, 6.45) is 1.74. The molecule has 1 atom stereocenters. The van der Waals surface area contributed by atoms with Crippen molar-refractivity contribution in [3.05, 3.63) is 66.0 Å². The minimum atomic E-state index is -3.42. The van der Waals surface area contributed by atoms with Crippen molar-refractivity contribution in [2.75, 3.05) is 17.1 Å². The molecule has 26 heavy (non-hydrogen) atoms. The van der Waals surface area contributed by atoms with Crippen LogP contribution in [-0.4, -0.2) is 27.1 Å². The van der Waals surface area contributed by atoms with Crippen LogP contribution in [0.25, 0.3) is 0 Å². The summed E-state index contributed by atoms with van der Waals surface area (Å²) >= 11 is 0. The van der Waals surface area contributed by atoms with Gasteiger partial charge in [0.2, 0.25) is 15.9 Å². The van der Waals surface area contributed by atoms with Gasteiger partial charge >= 0.3 is 0 Å². The van der Waals surface area contributed by atoms with E-state index in [-0.39, 0.29) is 30.7 Å². The number of nitrogens with zero attached hydrogens (tertiary/aromatic N) is 1. The lowest BCUT2D eigenvalue weighted by Gasteiger charge is -2.22. The topological polar surface area (TPSA) is 66.5 Å². The highest BCUT2D eigenvalue weighted by molar-refractivity contribution is 7.92. The van der Waals surface area contributed by atoms with Crippen molar-refractivity contribution in [2.45, 2.75) is 25.8 Å². The molecule has 2 aromatic carbocycles. The van der Waals surface area contributed by atoms with Crippen LogP contribution in [0.2, 0.25) is 0 Å². The molecule has 0 aromatic heterocycles. The van der Waals surface area contributed by atoms with E-state index in [1.165, 1.54) is 16.4 Å². The Morgan fingerprint density at radius 2 is 1.73 bits per heavy atom. The molecule has 2 aromatic rings. The van der Waals surface area contributed by atoms with E-state index in [0.29, 0.717) is 12.1 Å². The fraction of sp³-hybridized carbons (Fsp3) is 0.316. The lowest BCUT2D eigenvalue weighted by Crippen LogP contribution is -2.32. The third-order valence-corrected chi connectivity index (χ3v) is 5.15. The number of benzene rings is 2. The van der Waals surface area contributed by atoms with Crippen molar-refractivity contribution in [2.24, 2.45) is 0 Å². The van der Waals surface area contributed by atoms with Crippen LogP contribution in [0.15, 0.2) is 54.6 Å². The Balaban J connectivity index is 1.89. The van der Waals surface area contributed by atoms with Gasteiger partial charge in [0.05, 0.1) is 18.0 Å². The predicted octanol–water partition coefficient (Wildman–Crippen LogP) is 3.25. The smallest absolute Gasteiger partial charge is 0.232 e. The Hall–Kier alpha value is -2.41. The van der Waals surface area contributed by atoms with Gasteiger partial charge in [-0.2, -0.15) is 0 Å². The van der Waals surface area contributed by atoms with Crippen LogP contribution in [-0.2, 0) is 14.8 Å². The molecular weight excluding hydrogens is 355 g/mol. The number of carbonyl (C=O) groups excluding carboxylic acids is 1. The van der Waals surface area contributed by atoms with Crippen molar-refractivity contribution >= 4 is 21.6 Å². The molecule has 0 fully saturated rings. The second kappa shape index (κ2) is 8.80. The minimum absolute atomic E-state index is 0.177. The molecule has 0 saturated carbocycles. The molecule has 140 valence electrons. The van der Waals surface area contributed by atoms with Crippen molar-refractivity contribution < 1.29 is 17.6 Å². The molecule has 7 heteroatoms. The van der Waals surface area contributed by atoms with Gasteiger partial charge in [0.25, 0.3) is 0 Å². The van der Waals surface area contributed by atoms with E-state index in [0.717, 1.165) is 11.8 Å². The molecule has 0 unspecified atom stereocenters. The van der Waals surface area contributed by atoms with Crippen LogP contribution < -0.4 is 9.62 Å². The van der Waals surface area contributed by atoms with Gasteiger partial charge in [-0.05, 0) is 43.2 Å². The lowest BCUT2D eigenvalue weighted by molar-refractivity contribution is -0.121. The molecular formula is C19H23FN2O3S. The van der Waals surface area contributed by atoms with Gasteiger partial charge in [-0.25, -0.2) is 12.8 Å².